The molecule has 0 aliphatic heterocycles. The van der Waals surface area contributed by atoms with Crippen LogP contribution in [0.3, 0.4) is 0 Å². The zero-order valence-electron chi connectivity index (χ0n) is 11.4. The molecule has 3 heteroatoms. The number of carbonyl (C=O) groups excluding carboxylic acids is 1. The Labute approximate surface area is 110 Å². The summed E-state index contributed by atoms with van der Waals surface area (Å²) in [7, 11) is 0. The van der Waals surface area contributed by atoms with Crippen LogP contribution in [0.5, 0.6) is 0 Å². The highest BCUT2D eigenvalue weighted by atomic mass is 16.2. The Morgan fingerprint density at radius 3 is 2.39 bits per heavy atom. The van der Waals surface area contributed by atoms with Gasteiger partial charge in [0.2, 0.25) is 5.91 Å². The Morgan fingerprint density at radius 1 is 1.22 bits per heavy atom. The van der Waals surface area contributed by atoms with Crippen LogP contribution in [0.4, 0.5) is 0 Å². The Balaban J connectivity index is 1.92. The number of nitriles is 1. The minimum Gasteiger partial charge on any atom is -0.352 e. The van der Waals surface area contributed by atoms with Crippen molar-refractivity contribution in [1.29, 1.82) is 5.26 Å². The van der Waals surface area contributed by atoms with E-state index in [1.165, 1.54) is 32.1 Å². The predicted molar refractivity (Wildman–Crippen MR) is 70.7 cm³/mol. The predicted octanol–water partition coefficient (Wildman–Crippen LogP) is 3.16. The molecule has 0 aromatic rings. The zero-order chi connectivity index (χ0) is 13.0. The molecule has 2 aliphatic rings. The van der Waals surface area contributed by atoms with Crippen LogP contribution in [0.15, 0.2) is 0 Å². The first-order chi connectivity index (χ1) is 8.68. The molecule has 2 saturated carbocycles. The fraction of sp³-hybridized carbons (Fsp3) is 0.867. The number of hydrogen-bond acceptors (Lipinski definition) is 2. The second-order valence-corrected chi connectivity index (χ2v) is 6.06. The van der Waals surface area contributed by atoms with Gasteiger partial charge < -0.3 is 5.32 Å². The van der Waals surface area contributed by atoms with Crippen molar-refractivity contribution in [2.45, 2.75) is 70.8 Å². The van der Waals surface area contributed by atoms with Gasteiger partial charge in [-0.1, -0.05) is 32.1 Å². The van der Waals surface area contributed by atoms with Crippen LogP contribution < -0.4 is 5.32 Å². The lowest BCUT2D eigenvalue weighted by molar-refractivity contribution is -0.129. The fourth-order valence-electron chi connectivity index (χ4n) is 3.47. The Morgan fingerprint density at radius 2 is 1.83 bits per heavy atom. The van der Waals surface area contributed by atoms with Crippen molar-refractivity contribution in [3.05, 3.63) is 0 Å². The summed E-state index contributed by atoms with van der Waals surface area (Å²) in [6, 6.07) is 2.50. The van der Waals surface area contributed by atoms with Gasteiger partial charge in [0.1, 0.15) is 5.41 Å². The van der Waals surface area contributed by atoms with Crippen LogP contribution in [0.2, 0.25) is 0 Å². The molecule has 1 amide bonds. The van der Waals surface area contributed by atoms with Crippen molar-refractivity contribution in [3.8, 4) is 6.07 Å². The molecular formula is C15H24N2O. The molecule has 2 aliphatic carbocycles. The van der Waals surface area contributed by atoms with Crippen molar-refractivity contribution in [1.82, 2.24) is 5.32 Å². The normalized spacial score (nSPS) is 25.3. The summed E-state index contributed by atoms with van der Waals surface area (Å²) in [5, 5.41) is 12.4. The van der Waals surface area contributed by atoms with Crippen LogP contribution in [0.25, 0.3) is 0 Å². The third kappa shape index (κ3) is 2.68. The molecule has 0 radical (unpaired) electrons. The van der Waals surface area contributed by atoms with Crippen molar-refractivity contribution >= 4 is 5.91 Å². The maximum Gasteiger partial charge on any atom is 0.240 e. The van der Waals surface area contributed by atoms with Gasteiger partial charge in [0, 0.05) is 6.04 Å². The lowest BCUT2D eigenvalue weighted by Gasteiger charge is -2.30. The molecular weight excluding hydrogens is 224 g/mol. The number of nitrogens with one attached hydrogen (secondary N) is 1. The summed E-state index contributed by atoms with van der Waals surface area (Å²) in [6.45, 7) is 2.11. The molecule has 0 bridgehead atoms. The Bertz CT molecular complexity index is 333. The van der Waals surface area contributed by atoms with E-state index in [2.05, 4.69) is 18.3 Å². The lowest BCUT2D eigenvalue weighted by Crippen LogP contribution is -2.45. The lowest BCUT2D eigenvalue weighted by atomic mass is 9.82. The minimum absolute atomic E-state index is 0.0134. The summed E-state index contributed by atoms with van der Waals surface area (Å²) in [5.74, 6) is 0.598. The molecule has 1 unspecified atom stereocenters. The summed E-state index contributed by atoms with van der Waals surface area (Å²) in [4.78, 5) is 12.3. The van der Waals surface area contributed by atoms with Gasteiger partial charge in [-0.3, -0.25) is 4.79 Å². The quantitative estimate of drug-likeness (QED) is 0.834. The molecule has 1 atom stereocenters. The summed E-state index contributed by atoms with van der Waals surface area (Å²) in [5.41, 5.74) is -0.719. The average Bonchev–Trinajstić information content (AvgIpc) is 2.89. The molecule has 1 N–H and O–H groups in total. The van der Waals surface area contributed by atoms with Gasteiger partial charge in [0.25, 0.3) is 0 Å². The van der Waals surface area contributed by atoms with Crippen LogP contribution in [0.1, 0.15) is 64.7 Å². The van der Waals surface area contributed by atoms with Crippen molar-refractivity contribution in [3.63, 3.8) is 0 Å². The highest BCUT2D eigenvalue weighted by molar-refractivity contribution is 5.85. The maximum absolute atomic E-state index is 12.3. The third-order valence-electron chi connectivity index (χ3n) is 4.82. The number of amides is 1. The first kappa shape index (κ1) is 13.4. The van der Waals surface area contributed by atoms with Gasteiger partial charge in [-0.2, -0.15) is 5.26 Å². The number of rotatable bonds is 3. The first-order valence-corrected chi connectivity index (χ1v) is 7.40. The molecule has 0 spiro atoms. The van der Waals surface area contributed by atoms with Crippen LogP contribution in [-0.4, -0.2) is 11.9 Å². The average molecular weight is 248 g/mol. The highest BCUT2D eigenvalue weighted by Crippen LogP contribution is 2.38. The Hall–Kier alpha value is -1.04. The van der Waals surface area contributed by atoms with Crippen molar-refractivity contribution in [2.75, 3.05) is 0 Å². The molecule has 0 saturated heterocycles. The van der Waals surface area contributed by atoms with E-state index in [0.717, 1.165) is 25.7 Å². The summed E-state index contributed by atoms with van der Waals surface area (Å²) < 4.78 is 0. The molecule has 100 valence electrons. The zero-order valence-corrected chi connectivity index (χ0v) is 11.4. The van der Waals surface area contributed by atoms with E-state index >= 15 is 0 Å². The van der Waals surface area contributed by atoms with E-state index < -0.39 is 5.41 Å². The second-order valence-electron chi connectivity index (χ2n) is 6.06. The number of hydrogen-bond donors (Lipinski definition) is 1. The molecule has 2 fully saturated rings. The molecule has 2 rings (SSSR count). The van der Waals surface area contributed by atoms with Crippen LogP contribution >= 0.6 is 0 Å². The monoisotopic (exact) mass is 248 g/mol. The number of carbonyl (C=O) groups is 1. The summed E-state index contributed by atoms with van der Waals surface area (Å²) >= 11 is 0. The highest BCUT2D eigenvalue weighted by Gasteiger charge is 2.42. The van der Waals surface area contributed by atoms with Gasteiger partial charge in [-0.15, -0.1) is 0 Å². The molecule has 0 aromatic carbocycles. The van der Waals surface area contributed by atoms with E-state index in [9.17, 15) is 10.1 Å². The summed E-state index contributed by atoms with van der Waals surface area (Å²) in [6.07, 6.45) is 9.86. The van der Waals surface area contributed by atoms with Gasteiger partial charge >= 0.3 is 0 Å². The van der Waals surface area contributed by atoms with Crippen LogP contribution in [-0.2, 0) is 4.79 Å². The fourth-order valence-corrected chi connectivity index (χ4v) is 3.47. The molecule has 0 heterocycles. The second kappa shape index (κ2) is 5.73. The minimum atomic E-state index is -0.719. The van der Waals surface area contributed by atoms with Crippen molar-refractivity contribution < 1.29 is 4.79 Å². The Kier molecular flexibility index (Phi) is 4.27. The molecule has 18 heavy (non-hydrogen) atoms. The smallest absolute Gasteiger partial charge is 0.240 e. The molecule has 3 nitrogen and oxygen atoms in total. The van der Waals surface area contributed by atoms with Crippen molar-refractivity contribution in [2.24, 2.45) is 11.3 Å². The van der Waals surface area contributed by atoms with Gasteiger partial charge in [-0.05, 0) is 38.5 Å². The largest absolute Gasteiger partial charge is 0.352 e. The van der Waals surface area contributed by atoms with Gasteiger partial charge in [0.15, 0.2) is 0 Å². The van der Waals surface area contributed by atoms with E-state index in [-0.39, 0.29) is 11.9 Å². The van der Waals surface area contributed by atoms with E-state index in [1.807, 2.05) is 0 Å². The van der Waals surface area contributed by atoms with Crippen LogP contribution in [0, 0.1) is 22.7 Å². The van der Waals surface area contributed by atoms with E-state index in [4.69, 9.17) is 0 Å². The van der Waals surface area contributed by atoms with Gasteiger partial charge in [-0.25, -0.2) is 0 Å². The van der Waals surface area contributed by atoms with Gasteiger partial charge in [0.05, 0.1) is 6.07 Å². The topological polar surface area (TPSA) is 52.9 Å². The van der Waals surface area contributed by atoms with E-state index in [1.54, 1.807) is 0 Å². The SMILES string of the molecule is CC(NC(=O)C1(C#N)CCCC1)C1CCCCC1. The third-order valence-corrected chi connectivity index (χ3v) is 4.82. The maximum atomic E-state index is 12.3. The first-order valence-electron chi connectivity index (χ1n) is 7.40. The van der Waals surface area contributed by atoms with E-state index in [0.29, 0.717) is 5.92 Å². The standard InChI is InChI=1S/C15H24N2O/c1-12(13-7-3-2-4-8-13)17-14(18)15(11-16)9-5-6-10-15/h12-13H,2-10H2,1H3,(H,17,18). The number of nitrogens with zero attached hydrogens (tertiary/aromatic N) is 1. The molecule has 0 aromatic heterocycles.